The van der Waals surface area contributed by atoms with Crippen molar-refractivity contribution in [3.63, 3.8) is 0 Å². The molecule has 0 saturated carbocycles. The Morgan fingerprint density at radius 1 is 0.900 bits per heavy atom. The Bertz CT molecular complexity index is 966. The smallest absolute Gasteiger partial charge is 0.278 e. The highest BCUT2D eigenvalue weighted by molar-refractivity contribution is 6.36. The summed E-state index contributed by atoms with van der Waals surface area (Å²) in [6, 6.07) is 12.4. The quantitative estimate of drug-likeness (QED) is 0.635. The van der Waals surface area contributed by atoms with Gasteiger partial charge in [0, 0.05) is 12.6 Å². The zero-order chi connectivity index (χ0) is 21.7. The molecule has 1 N–H and O–H groups in total. The van der Waals surface area contributed by atoms with Gasteiger partial charge < -0.3 is 19.5 Å². The number of methoxy groups -OCH3 is 2. The van der Waals surface area contributed by atoms with Gasteiger partial charge in [0.2, 0.25) is 0 Å². The van der Waals surface area contributed by atoms with Gasteiger partial charge in [-0.2, -0.15) is 0 Å². The molecule has 30 heavy (non-hydrogen) atoms. The van der Waals surface area contributed by atoms with E-state index in [0.29, 0.717) is 53.6 Å². The number of anilines is 1. The lowest BCUT2D eigenvalue weighted by Gasteiger charge is -2.15. The minimum atomic E-state index is -0.358. The predicted octanol–water partition coefficient (Wildman–Crippen LogP) is 3.70. The van der Waals surface area contributed by atoms with Crippen molar-refractivity contribution >= 4 is 23.1 Å². The van der Waals surface area contributed by atoms with E-state index in [-0.39, 0.29) is 17.5 Å². The fourth-order valence-electron chi connectivity index (χ4n) is 3.31. The van der Waals surface area contributed by atoms with Crippen molar-refractivity contribution in [3.05, 3.63) is 53.7 Å². The van der Waals surface area contributed by atoms with E-state index in [4.69, 9.17) is 14.2 Å². The molecule has 2 aromatic carbocycles. The Morgan fingerprint density at radius 2 is 1.60 bits per heavy atom. The fourth-order valence-corrected chi connectivity index (χ4v) is 3.31. The largest absolute Gasteiger partial charge is 0.497 e. The van der Waals surface area contributed by atoms with Gasteiger partial charge in [-0.25, -0.2) is 0 Å². The third-order valence-corrected chi connectivity index (χ3v) is 4.74. The van der Waals surface area contributed by atoms with Gasteiger partial charge in [0.05, 0.1) is 32.1 Å². The van der Waals surface area contributed by atoms with Crippen molar-refractivity contribution in [1.29, 1.82) is 0 Å². The molecule has 1 heterocycles. The lowest BCUT2D eigenvalue weighted by atomic mass is 10.0. The maximum absolute atomic E-state index is 13.1. The van der Waals surface area contributed by atoms with Gasteiger partial charge in [-0.1, -0.05) is 19.1 Å². The van der Waals surface area contributed by atoms with Crippen molar-refractivity contribution in [1.82, 2.24) is 4.90 Å². The van der Waals surface area contributed by atoms with E-state index in [1.165, 1.54) is 12.0 Å². The fraction of sp³-hybridized carbons (Fsp3) is 0.304. The molecule has 1 aliphatic heterocycles. The van der Waals surface area contributed by atoms with Crippen LogP contribution in [0.4, 0.5) is 5.69 Å². The predicted molar refractivity (Wildman–Crippen MR) is 115 cm³/mol. The zero-order valence-electron chi connectivity index (χ0n) is 17.7. The summed E-state index contributed by atoms with van der Waals surface area (Å²) in [5.74, 6) is 1.15. The summed E-state index contributed by atoms with van der Waals surface area (Å²) in [6.07, 6.45) is 0.674. The Hall–Kier alpha value is -3.48. The number of nitrogens with one attached hydrogen (secondary N) is 1. The van der Waals surface area contributed by atoms with Crippen LogP contribution in [0, 0.1) is 0 Å². The van der Waals surface area contributed by atoms with Crippen molar-refractivity contribution < 1.29 is 23.8 Å². The number of imide groups is 1. The van der Waals surface area contributed by atoms with E-state index in [2.05, 4.69) is 5.32 Å². The first-order valence-corrected chi connectivity index (χ1v) is 9.86. The highest BCUT2D eigenvalue weighted by Crippen LogP contribution is 2.35. The minimum Gasteiger partial charge on any atom is -0.497 e. The Labute approximate surface area is 176 Å². The van der Waals surface area contributed by atoms with E-state index in [1.54, 1.807) is 49.6 Å². The van der Waals surface area contributed by atoms with E-state index >= 15 is 0 Å². The Morgan fingerprint density at radius 3 is 2.20 bits per heavy atom. The first kappa shape index (κ1) is 21.2. The number of hydrogen-bond acceptors (Lipinski definition) is 6. The van der Waals surface area contributed by atoms with Gasteiger partial charge >= 0.3 is 0 Å². The van der Waals surface area contributed by atoms with Crippen LogP contribution in [0.2, 0.25) is 0 Å². The molecule has 7 nitrogen and oxygen atoms in total. The monoisotopic (exact) mass is 410 g/mol. The summed E-state index contributed by atoms with van der Waals surface area (Å²) >= 11 is 0. The molecule has 0 bridgehead atoms. The number of amides is 2. The van der Waals surface area contributed by atoms with Gasteiger partial charge in [-0.15, -0.1) is 0 Å². The molecule has 0 atom stereocenters. The Balaban J connectivity index is 2.05. The maximum atomic E-state index is 13.1. The summed E-state index contributed by atoms with van der Waals surface area (Å²) in [6.45, 7) is 4.73. The van der Waals surface area contributed by atoms with Gasteiger partial charge in [0.25, 0.3) is 11.8 Å². The van der Waals surface area contributed by atoms with E-state index in [1.807, 2.05) is 13.8 Å². The van der Waals surface area contributed by atoms with E-state index in [9.17, 15) is 9.59 Å². The molecule has 0 aliphatic carbocycles. The van der Waals surface area contributed by atoms with Crippen LogP contribution in [0.25, 0.3) is 5.57 Å². The second-order valence-electron chi connectivity index (χ2n) is 6.66. The number of benzene rings is 2. The molecule has 0 fully saturated rings. The molecular weight excluding hydrogens is 384 g/mol. The molecule has 7 heteroatoms. The number of hydrogen-bond donors (Lipinski definition) is 1. The molecule has 3 rings (SSSR count). The standard InChI is InChI=1S/C23H26N2O5/c1-5-13-25-22(26)20(15-7-9-16(10-8-15)30-6-2)21(23(25)27)24-18-12-11-17(28-3)14-19(18)29-4/h7-12,14,24H,5-6,13H2,1-4H3. The number of nitrogens with zero attached hydrogens (tertiary/aromatic N) is 1. The highest BCUT2D eigenvalue weighted by atomic mass is 16.5. The summed E-state index contributed by atoms with van der Waals surface area (Å²) in [4.78, 5) is 27.4. The third-order valence-electron chi connectivity index (χ3n) is 4.74. The normalized spacial score (nSPS) is 13.7. The number of ether oxygens (including phenoxy) is 3. The summed E-state index contributed by atoms with van der Waals surface area (Å²) in [7, 11) is 3.10. The molecule has 0 spiro atoms. The number of carbonyl (C=O) groups excluding carboxylic acids is 2. The van der Waals surface area contributed by atoms with Crippen molar-refractivity contribution in [2.75, 3.05) is 32.7 Å². The second-order valence-corrected chi connectivity index (χ2v) is 6.66. The van der Waals surface area contributed by atoms with Crippen LogP contribution in [-0.2, 0) is 9.59 Å². The third kappa shape index (κ3) is 4.10. The van der Waals surface area contributed by atoms with Crippen LogP contribution < -0.4 is 19.5 Å². The van der Waals surface area contributed by atoms with Gasteiger partial charge in [-0.05, 0) is 43.2 Å². The minimum absolute atomic E-state index is 0.223. The highest BCUT2D eigenvalue weighted by Gasteiger charge is 2.39. The first-order chi connectivity index (χ1) is 14.5. The number of carbonyl (C=O) groups is 2. The van der Waals surface area contributed by atoms with Crippen molar-refractivity contribution in [2.24, 2.45) is 0 Å². The van der Waals surface area contributed by atoms with E-state index in [0.717, 1.165) is 0 Å². The molecular formula is C23H26N2O5. The van der Waals surface area contributed by atoms with Crippen molar-refractivity contribution in [3.8, 4) is 17.2 Å². The van der Waals surface area contributed by atoms with Crippen LogP contribution >= 0.6 is 0 Å². The topological polar surface area (TPSA) is 77.1 Å². The first-order valence-electron chi connectivity index (χ1n) is 9.86. The molecule has 2 aromatic rings. The summed E-state index contributed by atoms with van der Waals surface area (Å²) < 4.78 is 16.1. The zero-order valence-corrected chi connectivity index (χ0v) is 17.7. The summed E-state index contributed by atoms with van der Waals surface area (Å²) in [5.41, 5.74) is 1.76. The van der Waals surface area contributed by atoms with Crippen LogP contribution in [-0.4, -0.2) is 44.1 Å². The molecule has 2 amide bonds. The average Bonchev–Trinajstić information content (AvgIpc) is 2.99. The van der Waals surface area contributed by atoms with E-state index < -0.39 is 0 Å². The summed E-state index contributed by atoms with van der Waals surface area (Å²) in [5, 5.41) is 3.12. The van der Waals surface area contributed by atoms with Gasteiger partial charge in [-0.3, -0.25) is 14.5 Å². The molecule has 0 radical (unpaired) electrons. The molecule has 1 aliphatic rings. The van der Waals surface area contributed by atoms with Crippen molar-refractivity contribution in [2.45, 2.75) is 20.3 Å². The SMILES string of the molecule is CCCN1C(=O)C(Nc2ccc(OC)cc2OC)=C(c2ccc(OCC)cc2)C1=O. The van der Waals surface area contributed by atoms with Crippen LogP contribution in [0.1, 0.15) is 25.8 Å². The Kier molecular flexibility index (Phi) is 6.61. The lowest BCUT2D eigenvalue weighted by Crippen LogP contribution is -2.33. The van der Waals surface area contributed by atoms with Crippen LogP contribution in [0.15, 0.2) is 48.2 Å². The van der Waals surface area contributed by atoms with Crippen LogP contribution in [0.5, 0.6) is 17.2 Å². The molecule has 0 aromatic heterocycles. The molecule has 0 unspecified atom stereocenters. The average molecular weight is 410 g/mol. The van der Waals surface area contributed by atoms with Crippen LogP contribution in [0.3, 0.4) is 0 Å². The lowest BCUT2D eigenvalue weighted by molar-refractivity contribution is -0.136. The second kappa shape index (κ2) is 9.35. The van der Waals surface area contributed by atoms with Gasteiger partial charge in [0.1, 0.15) is 22.9 Å². The molecule has 158 valence electrons. The molecule has 0 saturated heterocycles. The number of rotatable bonds is 9. The maximum Gasteiger partial charge on any atom is 0.278 e. The van der Waals surface area contributed by atoms with Gasteiger partial charge in [0.15, 0.2) is 0 Å².